The van der Waals surface area contributed by atoms with Crippen LogP contribution in [0.1, 0.15) is 96.8 Å². The van der Waals surface area contributed by atoms with Crippen LogP contribution in [0.2, 0.25) is 0 Å². The first kappa shape index (κ1) is 22.4. The number of nitrogens with zero attached hydrogens (tertiary/aromatic N) is 1. The molecule has 1 unspecified atom stereocenters. The molecule has 0 aliphatic carbocycles. The van der Waals surface area contributed by atoms with Crippen LogP contribution >= 0.6 is 0 Å². The van der Waals surface area contributed by atoms with E-state index in [9.17, 15) is 5.11 Å². The molecule has 0 amide bonds. The van der Waals surface area contributed by atoms with E-state index >= 15 is 0 Å². The Morgan fingerprint density at radius 3 is 2.16 bits per heavy atom. The summed E-state index contributed by atoms with van der Waals surface area (Å²) >= 11 is 0. The quantitative estimate of drug-likeness (QED) is 0.279. The Morgan fingerprint density at radius 1 is 0.840 bits per heavy atom. The first-order chi connectivity index (χ1) is 12.3. The highest BCUT2D eigenvalue weighted by Crippen LogP contribution is 2.12. The summed E-state index contributed by atoms with van der Waals surface area (Å²) in [6.07, 6.45) is 27.2. The third-order valence-electron chi connectivity index (χ3n) is 5.16. The van der Waals surface area contributed by atoms with Gasteiger partial charge in [0.05, 0.1) is 6.10 Å². The van der Waals surface area contributed by atoms with E-state index in [1.54, 1.807) is 0 Å². The number of allylic oxidation sites excluding steroid dienone is 4. The standard InChI is InChI=1S/C23H43NO/c1-2-3-4-5-6-7-8-9-10-11-12-13-14-15-16-17-20-24-21-18-19-23(25)22-24/h6-7,9-10,23,25H,2-5,8,11-22H2,1H3. The van der Waals surface area contributed by atoms with E-state index in [4.69, 9.17) is 0 Å². The smallest absolute Gasteiger partial charge is 0.0667 e. The van der Waals surface area contributed by atoms with Gasteiger partial charge in [-0.25, -0.2) is 0 Å². The lowest BCUT2D eigenvalue weighted by atomic mass is 10.1. The van der Waals surface area contributed by atoms with Crippen LogP contribution in [0, 0.1) is 0 Å². The Labute approximate surface area is 157 Å². The molecule has 0 aromatic carbocycles. The van der Waals surface area contributed by atoms with Gasteiger partial charge in [0.1, 0.15) is 0 Å². The van der Waals surface area contributed by atoms with Gasteiger partial charge in [0.2, 0.25) is 0 Å². The van der Waals surface area contributed by atoms with E-state index in [2.05, 4.69) is 36.1 Å². The molecular weight excluding hydrogens is 306 g/mol. The number of aliphatic hydroxyl groups excluding tert-OH is 1. The fourth-order valence-corrected chi connectivity index (χ4v) is 3.56. The SMILES string of the molecule is CCCCCC=CCC=CCCCCCCCCN1CCCC(O)C1. The minimum atomic E-state index is -0.0710. The second-order valence-electron chi connectivity index (χ2n) is 7.68. The molecule has 0 bridgehead atoms. The van der Waals surface area contributed by atoms with Crippen molar-refractivity contribution < 1.29 is 5.11 Å². The van der Waals surface area contributed by atoms with E-state index in [0.29, 0.717) is 0 Å². The lowest BCUT2D eigenvalue weighted by Crippen LogP contribution is -2.38. The highest BCUT2D eigenvalue weighted by Gasteiger charge is 2.16. The van der Waals surface area contributed by atoms with Crippen LogP contribution in [-0.2, 0) is 0 Å². The van der Waals surface area contributed by atoms with E-state index in [1.807, 2.05) is 0 Å². The summed E-state index contributed by atoms with van der Waals surface area (Å²) in [6, 6.07) is 0. The number of piperidine rings is 1. The van der Waals surface area contributed by atoms with Gasteiger partial charge in [0.15, 0.2) is 0 Å². The third kappa shape index (κ3) is 14.3. The summed E-state index contributed by atoms with van der Waals surface area (Å²) in [6.45, 7) is 5.54. The summed E-state index contributed by atoms with van der Waals surface area (Å²) in [5.41, 5.74) is 0. The van der Waals surface area contributed by atoms with Crippen molar-refractivity contribution in [3.05, 3.63) is 24.3 Å². The fraction of sp³-hybridized carbons (Fsp3) is 0.826. The molecule has 0 radical (unpaired) electrons. The zero-order chi connectivity index (χ0) is 18.0. The van der Waals surface area contributed by atoms with Crippen molar-refractivity contribution in [1.29, 1.82) is 0 Å². The highest BCUT2D eigenvalue weighted by molar-refractivity contribution is 4.92. The Balaban J connectivity index is 1.79. The summed E-state index contributed by atoms with van der Waals surface area (Å²) < 4.78 is 0. The first-order valence-electron chi connectivity index (χ1n) is 11.0. The average Bonchev–Trinajstić information content (AvgIpc) is 2.61. The van der Waals surface area contributed by atoms with E-state index in [1.165, 1.54) is 90.1 Å². The van der Waals surface area contributed by atoms with Crippen molar-refractivity contribution in [2.75, 3.05) is 19.6 Å². The van der Waals surface area contributed by atoms with E-state index < -0.39 is 0 Å². The predicted molar refractivity (Wildman–Crippen MR) is 111 cm³/mol. The van der Waals surface area contributed by atoms with Crippen LogP contribution in [0.4, 0.5) is 0 Å². The lowest BCUT2D eigenvalue weighted by Gasteiger charge is -2.29. The van der Waals surface area contributed by atoms with Crippen molar-refractivity contribution in [2.45, 2.75) is 103 Å². The molecule has 1 atom stereocenters. The number of likely N-dealkylation sites (tertiary alicyclic amines) is 1. The molecule has 0 aromatic rings. The molecule has 1 fully saturated rings. The number of hydrogen-bond donors (Lipinski definition) is 1. The third-order valence-corrected chi connectivity index (χ3v) is 5.16. The monoisotopic (exact) mass is 349 g/mol. The van der Waals surface area contributed by atoms with Gasteiger partial charge >= 0.3 is 0 Å². The van der Waals surface area contributed by atoms with Gasteiger partial charge in [-0.05, 0) is 64.5 Å². The molecule has 146 valence electrons. The van der Waals surface area contributed by atoms with Crippen LogP contribution in [0.5, 0.6) is 0 Å². The summed E-state index contributed by atoms with van der Waals surface area (Å²) in [7, 11) is 0. The Hall–Kier alpha value is -0.600. The Kier molecular flexibility index (Phi) is 15.1. The molecule has 1 aliphatic rings. The maximum absolute atomic E-state index is 9.66. The number of rotatable bonds is 15. The van der Waals surface area contributed by atoms with Crippen molar-refractivity contribution in [3.8, 4) is 0 Å². The van der Waals surface area contributed by atoms with E-state index in [-0.39, 0.29) is 6.10 Å². The van der Waals surface area contributed by atoms with Crippen LogP contribution in [-0.4, -0.2) is 35.7 Å². The normalized spacial score (nSPS) is 19.4. The van der Waals surface area contributed by atoms with Gasteiger partial charge in [0.25, 0.3) is 0 Å². The van der Waals surface area contributed by atoms with Crippen molar-refractivity contribution in [2.24, 2.45) is 0 Å². The van der Waals surface area contributed by atoms with Gasteiger partial charge in [-0.3, -0.25) is 0 Å². The molecule has 0 spiro atoms. The van der Waals surface area contributed by atoms with Crippen LogP contribution < -0.4 is 0 Å². The minimum Gasteiger partial charge on any atom is -0.392 e. The second-order valence-corrected chi connectivity index (χ2v) is 7.68. The zero-order valence-corrected chi connectivity index (χ0v) is 16.8. The van der Waals surface area contributed by atoms with E-state index in [0.717, 1.165) is 19.4 Å². The van der Waals surface area contributed by atoms with Gasteiger partial charge in [-0.2, -0.15) is 0 Å². The number of hydrogen-bond acceptors (Lipinski definition) is 2. The number of aliphatic hydroxyl groups is 1. The zero-order valence-electron chi connectivity index (χ0n) is 16.8. The number of β-amino-alcohol motifs (C(OH)–C–C–N with tert-alkyl or cyclic N) is 1. The van der Waals surface area contributed by atoms with Gasteiger partial charge in [0, 0.05) is 6.54 Å². The topological polar surface area (TPSA) is 23.5 Å². The molecule has 1 saturated heterocycles. The molecule has 2 heteroatoms. The summed E-state index contributed by atoms with van der Waals surface area (Å²) in [5.74, 6) is 0. The molecule has 25 heavy (non-hydrogen) atoms. The van der Waals surface area contributed by atoms with Gasteiger partial charge < -0.3 is 10.0 Å². The maximum atomic E-state index is 9.66. The second kappa shape index (κ2) is 16.8. The van der Waals surface area contributed by atoms with Gasteiger partial charge in [-0.1, -0.05) is 69.8 Å². The van der Waals surface area contributed by atoms with Crippen LogP contribution in [0.3, 0.4) is 0 Å². The molecule has 1 aliphatic heterocycles. The molecule has 1 heterocycles. The molecule has 2 nitrogen and oxygen atoms in total. The molecule has 1 rings (SSSR count). The fourth-order valence-electron chi connectivity index (χ4n) is 3.56. The minimum absolute atomic E-state index is 0.0710. The molecule has 0 aromatic heterocycles. The summed E-state index contributed by atoms with van der Waals surface area (Å²) in [5, 5.41) is 9.66. The largest absolute Gasteiger partial charge is 0.392 e. The molecular formula is C23H43NO. The van der Waals surface area contributed by atoms with Crippen molar-refractivity contribution in [1.82, 2.24) is 4.90 Å². The highest BCUT2D eigenvalue weighted by atomic mass is 16.3. The van der Waals surface area contributed by atoms with Crippen LogP contribution in [0.15, 0.2) is 24.3 Å². The summed E-state index contributed by atoms with van der Waals surface area (Å²) in [4.78, 5) is 2.44. The number of unbranched alkanes of at least 4 members (excludes halogenated alkanes) is 9. The maximum Gasteiger partial charge on any atom is 0.0667 e. The first-order valence-corrected chi connectivity index (χ1v) is 11.0. The molecule has 0 saturated carbocycles. The Morgan fingerprint density at radius 2 is 1.48 bits per heavy atom. The molecule has 1 N–H and O–H groups in total. The van der Waals surface area contributed by atoms with Crippen LogP contribution in [0.25, 0.3) is 0 Å². The Bertz CT molecular complexity index is 337. The van der Waals surface area contributed by atoms with Gasteiger partial charge in [-0.15, -0.1) is 0 Å². The van der Waals surface area contributed by atoms with Crippen molar-refractivity contribution in [3.63, 3.8) is 0 Å². The average molecular weight is 350 g/mol. The lowest BCUT2D eigenvalue weighted by molar-refractivity contribution is 0.0698. The predicted octanol–water partition coefficient (Wildman–Crippen LogP) is 6.26. The van der Waals surface area contributed by atoms with Crippen molar-refractivity contribution >= 4 is 0 Å².